The third kappa shape index (κ3) is 4.18. The zero-order valence-electron chi connectivity index (χ0n) is 13.2. The van der Waals surface area contributed by atoms with Crippen LogP contribution >= 0.6 is 0 Å². The van der Waals surface area contributed by atoms with Gasteiger partial charge in [-0.05, 0) is 25.0 Å². The molecule has 0 aliphatic carbocycles. The molecular formula is C16H21F2N3O2. The molecule has 2 rings (SSSR count). The SMILES string of the molecule is CCCC(CCC)C(=O)Nc1n[nH]c2c(OC(F)F)cccc12. The number of para-hydroxylation sites is 1. The van der Waals surface area contributed by atoms with Crippen molar-refractivity contribution in [3.63, 3.8) is 0 Å². The van der Waals surface area contributed by atoms with Gasteiger partial charge in [0.2, 0.25) is 5.91 Å². The molecule has 126 valence electrons. The van der Waals surface area contributed by atoms with Gasteiger partial charge in [0.15, 0.2) is 11.6 Å². The molecular weight excluding hydrogens is 304 g/mol. The summed E-state index contributed by atoms with van der Waals surface area (Å²) in [6.45, 7) is 1.15. The van der Waals surface area contributed by atoms with Gasteiger partial charge in [0.25, 0.3) is 0 Å². The average molecular weight is 325 g/mol. The number of nitrogens with zero attached hydrogens (tertiary/aromatic N) is 1. The summed E-state index contributed by atoms with van der Waals surface area (Å²) in [4.78, 5) is 12.4. The average Bonchev–Trinajstić information content (AvgIpc) is 2.91. The monoisotopic (exact) mass is 325 g/mol. The number of benzene rings is 1. The van der Waals surface area contributed by atoms with Crippen LogP contribution in [-0.2, 0) is 4.79 Å². The van der Waals surface area contributed by atoms with Crippen molar-refractivity contribution in [2.45, 2.75) is 46.1 Å². The van der Waals surface area contributed by atoms with Gasteiger partial charge in [-0.15, -0.1) is 0 Å². The molecule has 1 amide bonds. The largest absolute Gasteiger partial charge is 0.433 e. The highest BCUT2D eigenvalue weighted by molar-refractivity contribution is 6.01. The molecule has 23 heavy (non-hydrogen) atoms. The number of alkyl halides is 2. The number of hydrogen-bond acceptors (Lipinski definition) is 3. The molecule has 0 fully saturated rings. The fourth-order valence-corrected chi connectivity index (χ4v) is 2.63. The Morgan fingerprint density at radius 2 is 2.00 bits per heavy atom. The predicted octanol–water partition coefficient (Wildman–Crippen LogP) is 4.32. The number of amides is 1. The van der Waals surface area contributed by atoms with Gasteiger partial charge >= 0.3 is 6.61 Å². The Hall–Kier alpha value is -2.18. The molecule has 1 heterocycles. The van der Waals surface area contributed by atoms with Gasteiger partial charge in [-0.25, -0.2) is 0 Å². The van der Waals surface area contributed by atoms with E-state index < -0.39 is 6.61 Å². The van der Waals surface area contributed by atoms with Gasteiger partial charge in [0.1, 0.15) is 5.52 Å². The van der Waals surface area contributed by atoms with Crippen molar-refractivity contribution >= 4 is 22.6 Å². The van der Waals surface area contributed by atoms with Gasteiger partial charge in [0, 0.05) is 11.3 Å². The first-order valence-corrected chi connectivity index (χ1v) is 7.79. The maximum Gasteiger partial charge on any atom is 0.387 e. The summed E-state index contributed by atoms with van der Waals surface area (Å²) in [5, 5.41) is 10.0. The van der Waals surface area contributed by atoms with Crippen LogP contribution in [0.1, 0.15) is 39.5 Å². The molecule has 2 N–H and O–H groups in total. The Labute approximate surface area is 133 Å². The summed E-state index contributed by atoms with van der Waals surface area (Å²) in [5.74, 6) is 0.172. The molecule has 0 aliphatic heterocycles. The predicted molar refractivity (Wildman–Crippen MR) is 84.7 cm³/mol. The third-order valence-electron chi connectivity index (χ3n) is 3.66. The summed E-state index contributed by atoms with van der Waals surface area (Å²) >= 11 is 0. The lowest BCUT2D eigenvalue weighted by atomic mass is 9.97. The molecule has 0 aliphatic rings. The van der Waals surface area contributed by atoms with E-state index >= 15 is 0 Å². The van der Waals surface area contributed by atoms with E-state index in [1.54, 1.807) is 12.1 Å². The first kappa shape index (κ1) is 17.2. The van der Waals surface area contributed by atoms with Crippen LogP contribution in [0.2, 0.25) is 0 Å². The Kier molecular flexibility index (Phi) is 5.90. The number of nitrogens with one attached hydrogen (secondary N) is 2. The van der Waals surface area contributed by atoms with Crippen molar-refractivity contribution in [1.29, 1.82) is 0 Å². The maximum absolute atomic E-state index is 12.4. The molecule has 0 radical (unpaired) electrons. The van der Waals surface area contributed by atoms with Gasteiger partial charge in [-0.3, -0.25) is 9.89 Å². The highest BCUT2D eigenvalue weighted by Gasteiger charge is 2.20. The second kappa shape index (κ2) is 7.89. The molecule has 0 bridgehead atoms. The first-order chi connectivity index (χ1) is 11.1. The Morgan fingerprint density at radius 3 is 2.61 bits per heavy atom. The van der Waals surface area contributed by atoms with E-state index in [0.717, 1.165) is 25.7 Å². The van der Waals surface area contributed by atoms with Crippen LogP contribution in [0.25, 0.3) is 10.9 Å². The van der Waals surface area contributed by atoms with Crippen LogP contribution in [0.4, 0.5) is 14.6 Å². The van der Waals surface area contributed by atoms with Crippen LogP contribution in [0.5, 0.6) is 5.75 Å². The first-order valence-electron chi connectivity index (χ1n) is 7.79. The van der Waals surface area contributed by atoms with E-state index in [-0.39, 0.29) is 17.6 Å². The van der Waals surface area contributed by atoms with E-state index in [1.165, 1.54) is 6.07 Å². The van der Waals surface area contributed by atoms with Gasteiger partial charge < -0.3 is 10.1 Å². The van der Waals surface area contributed by atoms with E-state index in [1.807, 2.05) is 13.8 Å². The summed E-state index contributed by atoms with van der Waals surface area (Å²) < 4.78 is 29.3. The van der Waals surface area contributed by atoms with Crippen molar-refractivity contribution in [2.75, 3.05) is 5.32 Å². The second-order valence-corrected chi connectivity index (χ2v) is 5.39. The number of carbonyl (C=O) groups is 1. The molecule has 1 aromatic carbocycles. The number of H-pyrrole nitrogens is 1. The fourth-order valence-electron chi connectivity index (χ4n) is 2.63. The second-order valence-electron chi connectivity index (χ2n) is 5.39. The standard InChI is InChI=1S/C16H21F2N3O2/c1-3-6-10(7-4-2)15(22)19-14-11-8-5-9-12(23-16(17)18)13(11)20-21-14/h5,8-10,16H,3-4,6-7H2,1-2H3,(H2,19,20,21,22). The Balaban J connectivity index is 2.22. The summed E-state index contributed by atoms with van der Waals surface area (Å²) in [5.41, 5.74) is 0.339. The van der Waals surface area contributed by atoms with Crippen molar-refractivity contribution in [1.82, 2.24) is 10.2 Å². The lowest BCUT2D eigenvalue weighted by Gasteiger charge is -2.14. The molecule has 0 atom stereocenters. The fraction of sp³-hybridized carbons (Fsp3) is 0.500. The number of aromatic nitrogens is 2. The number of hydrogen-bond donors (Lipinski definition) is 2. The van der Waals surface area contributed by atoms with E-state index in [2.05, 4.69) is 20.3 Å². The van der Waals surface area contributed by atoms with Crippen molar-refractivity contribution in [2.24, 2.45) is 5.92 Å². The van der Waals surface area contributed by atoms with Crippen LogP contribution in [0.3, 0.4) is 0 Å². The maximum atomic E-state index is 12.4. The number of anilines is 1. The molecule has 7 heteroatoms. The number of rotatable bonds is 8. The van der Waals surface area contributed by atoms with Crippen LogP contribution in [0.15, 0.2) is 18.2 Å². The minimum absolute atomic E-state index is 0.00386. The van der Waals surface area contributed by atoms with Crippen LogP contribution in [0, 0.1) is 5.92 Å². The van der Waals surface area contributed by atoms with Crippen molar-refractivity contribution in [3.8, 4) is 5.75 Å². The number of carbonyl (C=O) groups excluding carboxylic acids is 1. The molecule has 1 aromatic heterocycles. The highest BCUT2D eigenvalue weighted by Crippen LogP contribution is 2.30. The molecule has 0 spiro atoms. The zero-order valence-corrected chi connectivity index (χ0v) is 13.2. The molecule has 0 unspecified atom stereocenters. The normalized spacial score (nSPS) is 11.4. The quantitative estimate of drug-likeness (QED) is 0.759. The van der Waals surface area contributed by atoms with E-state index in [4.69, 9.17) is 0 Å². The summed E-state index contributed by atoms with van der Waals surface area (Å²) in [7, 11) is 0. The zero-order chi connectivity index (χ0) is 16.8. The minimum atomic E-state index is -2.92. The smallest absolute Gasteiger partial charge is 0.387 e. The summed E-state index contributed by atoms with van der Waals surface area (Å²) in [6.07, 6.45) is 3.46. The Morgan fingerprint density at radius 1 is 1.30 bits per heavy atom. The van der Waals surface area contributed by atoms with Crippen molar-refractivity contribution in [3.05, 3.63) is 18.2 Å². The number of halogens is 2. The molecule has 0 saturated heterocycles. The van der Waals surface area contributed by atoms with Crippen molar-refractivity contribution < 1.29 is 18.3 Å². The van der Waals surface area contributed by atoms with Gasteiger partial charge in [-0.1, -0.05) is 32.8 Å². The van der Waals surface area contributed by atoms with Crippen LogP contribution in [-0.4, -0.2) is 22.7 Å². The molecule has 5 nitrogen and oxygen atoms in total. The number of aromatic amines is 1. The highest BCUT2D eigenvalue weighted by atomic mass is 19.3. The minimum Gasteiger partial charge on any atom is -0.433 e. The van der Waals surface area contributed by atoms with E-state index in [9.17, 15) is 13.6 Å². The number of ether oxygens (including phenoxy) is 1. The van der Waals surface area contributed by atoms with E-state index in [0.29, 0.717) is 16.7 Å². The number of fused-ring (bicyclic) bond motifs is 1. The Bertz CT molecular complexity index is 652. The van der Waals surface area contributed by atoms with Gasteiger partial charge in [0.05, 0.1) is 0 Å². The topological polar surface area (TPSA) is 67.0 Å². The lowest BCUT2D eigenvalue weighted by molar-refractivity contribution is -0.120. The summed E-state index contributed by atoms with van der Waals surface area (Å²) in [6, 6.07) is 4.71. The van der Waals surface area contributed by atoms with Gasteiger partial charge in [-0.2, -0.15) is 13.9 Å². The molecule has 0 saturated carbocycles. The van der Waals surface area contributed by atoms with Crippen LogP contribution < -0.4 is 10.1 Å². The third-order valence-corrected chi connectivity index (χ3v) is 3.66. The molecule has 2 aromatic rings. The lowest BCUT2D eigenvalue weighted by Crippen LogP contribution is -2.23.